The summed E-state index contributed by atoms with van der Waals surface area (Å²) < 4.78 is 5.40. The van der Waals surface area contributed by atoms with E-state index in [9.17, 15) is 5.11 Å². The Morgan fingerprint density at radius 1 is 1.06 bits per heavy atom. The number of hydrogen-bond donors (Lipinski definition) is 1. The van der Waals surface area contributed by atoms with Crippen LogP contribution in [0.3, 0.4) is 0 Å². The normalized spacial score (nSPS) is 35.7. The van der Waals surface area contributed by atoms with E-state index in [0.29, 0.717) is 11.3 Å². The van der Waals surface area contributed by atoms with E-state index in [-0.39, 0.29) is 5.60 Å². The largest absolute Gasteiger partial charge is 0.390 e. The first-order valence-corrected chi connectivity index (χ1v) is 7.69. The first kappa shape index (κ1) is 14.3. The third-order valence-corrected chi connectivity index (χ3v) is 5.15. The summed E-state index contributed by atoms with van der Waals surface area (Å²) in [5, 5.41) is 10.8. The molecular formula is C16H30O2. The summed E-state index contributed by atoms with van der Waals surface area (Å²) in [6.45, 7) is 8.79. The molecule has 2 rings (SSSR count). The molecule has 2 aliphatic rings. The maximum absolute atomic E-state index is 10.8. The lowest BCUT2D eigenvalue weighted by molar-refractivity contribution is -0.0548. The van der Waals surface area contributed by atoms with E-state index in [2.05, 4.69) is 20.8 Å². The molecule has 1 saturated heterocycles. The molecule has 1 aliphatic heterocycles. The molecule has 0 radical (unpaired) electrons. The van der Waals surface area contributed by atoms with E-state index in [1.807, 2.05) is 0 Å². The highest BCUT2D eigenvalue weighted by atomic mass is 16.5. The molecule has 18 heavy (non-hydrogen) atoms. The second-order valence-electron chi connectivity index (χ2n) is 7.62. The number of ether oxygens (including phenoxy) is 1. The molecule has 0 atom stereocenters. The SMILES string of the molecule is CC(C)(C)C1CCC(O)(CC2CCOCC2)CC1. The Kier molecular flexibility index (Phi) is 4.38. The van der Waals surface area contributed by atoms with Crippen LogP contribution in [0.15, 0.2) is 0 Å². The van der Waals surface area contributed by atoms with E-state index in [1.165, 1.54) is 12.8 Å². The lowest BCUT2D eigenvalue weighted by atomic mass is 9.66. The summed E-state index contributed by atoms with van der Waals surface area (Å²) in [6, 6.07) is 0. The van der Waals surface area contributed by atoms with E-state index >= 15 is 0 Å². The van der Waals surface area contributed by atoms with Gasteiger partial charge in [0.05, 0.1) is 5.60 Å². The van der Waals surface area contributed by atoms with Crippen molar-refractivity contribution in [2.24, 2.45) is 17.3 Å². The van der Waals surface area contributed by atoms with Gasteiger partial charge in [0, 0.05) is 13.2 Å². The maximum Gasteiger partial charge on any atom is 0.0650 e. The van der Waals surface area contributed by atoms with Crippen LogP contribution in [0.2, 0.25) is 0 Å². The molecule has 2 fully saturated rings. The van der Waals surface area contributed by atoms with Gasteiger partial charge in [0.15, 0.2) is 0 Å². The van der Waals surface area contributed by atoms with Crippen LogP contribution in [0.5, 0.6) is 0 Å². The van der Waals surface area contributed by atoms with E-state index < -0.39 is 0 Å². The van der Waals surface area contributed by atoms with Crippen molar-refractivity contribution in [1.29, 1.82) is 0 Å². The average molecular weight is 254 g/mol. The highest BCUT2D eigenvalue weighted by Gasteiger charge is 2.38. The molecule has 0 unspecified atom stereocenters. The summed E-state index contributed by atoms with van der Waals surface area (Å²) in [5.74, 6) is 1.47. The Hall–Kier alpha value is -0.0800. The number of aliphatic hydroxyl groups is 1. The van der Waals surface area contributed by atoms with Gasteiger partial charge in [-0.05, 0) is 62.2 Å². The van der Waals surface area contributed by atoms with Crippen molar-refractivity contribution in [3.8, 4) is 0 Å². The molecule has 0 aromatic carbocycles. The predicted octanol–water partition coefficient (Wildman–Crippen LogP) is 3.77. The highest BCUT2D eigenvalue weighted by molar-refractivity contribution is 4.90. The molecule has 1 aliphatic carbocycles. The predicted molar refractivity (Wildman–Crippen MR) is 74.5 cm³/mol. The summed E-state index contributed by atoms with van der Waals surface area (Å²) in [7, 11) is 0. The second-order valence-corrected chi connectivity index (χ2v) is 7.62. The fourth-order valence-corrected chi connectivity index (χ4v) is 3.71. The standard InChI is InChI=1S/C16H30O2/c1-15(2,3)14-4-8-16(17,9-5-14)12-13-6-10-18-11-7-13/h13-14,17H,4-12H2,1-3H3. The molecule has 106 valence electrons. The molecule has 2 nitrogen and oxygen atoms in total. The Morgan fingerprint density at radius 3 is 2.11 bits per heavy atom. The lowest BCUT2D eigenvalue weighted by Gasteiger charge is -2.43. The Bertz CT molecular complexity index is 253. The van der Waals surface area contributed by atoms with Crippen molar-refractivity contribution in [3.63, 3.8) is 0 Å². The topological polar surface area (TPSA) is 29.5 Å². The van der Waals surface area contributed by atoms with E-state index in [0.717, 1.165) is 51.2 Å². The third-order valence-electron chi connectivity index (χ3n) is 5.15. The minimum Gasteiger partial charge on any atom is -0.390 e. The van der Waals surface area contributed by atoms with Gasteiger partial charge in [-0.1, -0.05) is 20.8 Å². The van der Waals surface area contributed by atoms with Gasteiger partial charge in [0.25, 0.3) is 0 Å². The van der Waals surface area contributed by atoms with Crippen LogP contribution in [0.25, 0.3) is 0 Å². The molecule has 0 spiro atoms. The van der Waals surface area contributed by atoms with Crippen molar-refractivity contribution in [1.82, 2.24) is 0 Å². The molecule has 0 bridgehead atoms. The summed E-state index contributed by atoms with van der Waals surface area (Å²) in [6.07, 6.45) is 7.70. The van der Waals surface area contributed by atoms with Crippen molar-refractivity contribution in [3.05, 3.63) is 0 Å². The first-order valence-electron chi connectivity index (χ1n) is 7.69. The molecule has 1 saturated carbocycles. The molecule has 1 N–H and O–H groups in total. The van der Waals surface area contributed by atoms with Gasteiger partial charge in [0.2, 0.25) is 0 Å². The smallest absolute Gasteiger partial charge is 0.0650 e. The van der Waals surface area contributed by atoms with Gasteiger partial charge in [-0.15, -0.1) is 0 Å². The minimum atomic E-state index is -0.371. The van der Waals surface area contributed by atoms with Gasteiger partial charge < -0.3 is 9.84 Å². The second kappa shape index (κ2) is 5.50. The quantitative estimate of drug-likeness (QED) is 0.813. The Morgan fingerprint density at radius 2 is 1.61 bits per heavy atom. The molecule has 1 heterocycles. The summed E-state index contributed by atoms with van der Waals surface area (Å²) in [4.78, 5) is 0. The monoisotopic (exact) mass is 254 g/mol. The van der Waals surface area contributed by atoms with Crippen LogP contribution in [-0.2, 0) is 4.74 Å². The lowest BCUT2D eigenvalue weighted by Crippen LogP contribution is -2.39. The van der Waals surface area contributed by atoms with Crippen molar-refractivity contribution >= 4 is 0 Å². The van der Waals surface area contributed by atoms with Crippen molar-refractivity contribution in [2.75, 3.05) is 13.2 Å². The zero-order valence-corrected chi connectivity index (χ0v) is 12.4. The molecule has 0 aromatic rings. The van der Waals surface area contributed by atoms with Gasteiger partial charge in [-0.25, -0.2) is 0 Å². The first-order chi connectivity index (χ1) is 8.39. The fraction of sp³-hybridized carbons (Fsp3) is 1.00. The molecular weight excluding hydrogens is 224 g/mol. The third kappa shape index (κ3) is 3.71. The van der Waals surface area contributed by atoms with Gasteiger partial charge >= 0.3 is 0 Å². The van der Waals surface area contributed by atoms with E-state index in [4.69, 9.17) is 4.74 Å². The van der Waals surface area contributed by atoms with Crippen LogP contribution in [0, 0.1) is 17.3 Å². The number of hydrogen-bond acceptors (Lipinski definition) is 2. The Balaban J connectivity index is 1.83. The molecule has 0 aromatic heterocycles. The highest BCUT2D eigenvalue weighted by Crippen LogP contribution is 2.44. The van der Waals surface area contributed by atoms with E-state index in [1.54, 1.807) is 0 Å². The van der Waals surface area contributed by atoms with Crippen LogP contribution < -0.4 is 0 Å². The summed E-state index contributed by atoms with van der Waals surface area (Å²) in [5.41, 5.74) is 0.0315. The van der Waals surface area contributed by atoms with Crippen molar-refractivity contribution < 1.29 is 9.84 Å². The zero-order chi connectivity index (χ0) is 13.2. The van der Waals surface area contributed by atoms with Gasteiger partial charge in [-0.2, -0.15) is 0 Å². The van der Waals surface area contributed by atoms with Crippen LogP contribution in [0.4, 0.5) is 0 Å². The fourth-order valence-electron chi connectivity index (χ4n) is 3.71. The van der Waals surface area contributed by atoms with Crippen molar-refractivity contribution in [2.45, 2.75) is 71.3 Å². The van der Waals surface area contributed by atoms with Gasteiger partial charge in [-0.3, -0.25) is 0 Å². The number of rotatable bonds is 2. The average Bonchev–Trinajstić information content (AvgIpc) is 2.29. The van der Waals surface area contributed by atoms with Crippen LogP contribution >= 0.6 is 0 Å². The van der Waals surface area contributed by atoms with Gasteiger partial charge in [0.1, 0.15) is 0 Å². The Labute approximate surface area is 112 Å². The molecule has 0 amide bonds. The maximum atomic E-state index is 10.8. The zero-order valence-electron chi connectivity index (χ0n) is 12.4. The van der Waals surface area contributed by atoms with Crippen LogP contribution in [-0.4, -0.2) is 23.9 Å². The minimum absolute atomic E-state index is 0.371. The van der Waals surface area contributed by atoms with Crippen LogP contribution in [0.1, 0.15) is 65.7 Å². The molecule has 2 heteroatoms. The summed E-state index contributed by atoms with van der Waals surface area (Å²) >= 11 is 0.